The normalized spacial score (nSPS) is 11.5. The average molecular weight is 299 g/mol. The van der Waals surface area contributed by atoms with Crippen LogP contribution in [0, 0.1) is 0 Å². The number of nitrogens with two attached hydrogens (primary N) is 1. The summed E-state index contributed by atoms with van der Waals surface area (Å²) in [5, 5.41) is 3.04. The molecule has 0 heterocycles. The summed E-state index contributed by atoms with van der Waals surface area (Å²) < 4.78 is 12.3. The van der Waals surface area contributed by atoms with Gasteiger partial charge in [0.15, 0.2) is 5.96 Å². The number of guanidine groups is 1. The lowest BCUT2D eigenvalue weighted by Gasteiger charge is -2.07. The van der Waals surface area contributed by atoms with E-state index in [9.17, 15) is 4.39 Å². The van der Waals surface area contributed by atoms with Crippen LogP contribution in [0.3, 0.4) is 0 Å². The maximum absolute atomic E-state index is 12.3. The molecule has 0 fully saturated rings. The molecule has 0 aliphatic carbocycles. The average Bonchev–Trinajstić information content (AvgIpc) is 2.55. The Morgan fingerprint density at radius 1 is 1.09 bits per heavy atom. The molecule has 3 nitrogen and oxygen atoms in total. The van der Waals surface area contributed by atoms with Gasteiger partial charge in [-0.05, 0) is 35.2 Å². The molecular formula is C18H22FN3. The lowest BCUT2D eigenvalue weighted by Crippen LogP contribution is -2.22. The zero-order valence-electron chi connectivity index (χ0n) is 12.8. The van der Waals surface area contributed by atoms with Crippen LogP contribution in [0.5, 0.6) is 0 Å². The summed E-state index contributed by atoms with van der Waals surface area (Å²) in [6, 6.07) is 15.9. The minimum atomic E-state index is -0.340. The summed E-state index contributed by atoms with van der Waals surface area (Å²) >= 11 is 0. The Morgan fingerprint density at radius 3 is 2.50 bits per heavy atom. The molecular weight excluding hydrogens is 277 g/mol. The van der Waals surface area contributed by atoms with Crippen molar-refractivity contribution in [2.45, 2.75) is 26.3 Å². The maximum Gasteiger partial charge on any atom is 0.193 e. The van der Waals surface area contributed by atoms with E-state index in [4.69, 9.17) is 5.73 Å². The van der Waals surface area contributed by atoms with Gasteiger partial charge in [-0.25, -0.2) is 4.99 Å². The molecule has 0 radical (unpaired) electrons. The molecule has 22 heavy (non-hydrogen) atoms. The number of hydrogen-bond acceptors (Lipinski definition) is 1. The van der Waals surface area contributed by atoms with Crippen LogP contribution in [0.1, 0.15) is 23.6 Å². The fourth-order valence-corrected chi connectivity index (χ4v) is 2.18. The molecule has 0 saturated carbocycles. The Labute approximate surface area is 131 Å². The highest BCUT2D eigenvalue weighted by molar-refractivity contribution is 5.92. The van der Waals surface area contributed by atoms with Crippen LogP contribution in [-0.2, 0) is 19.4 Å². The van der Waals surface area contributed by atoms with E-state index in [-0.39, 0.29) is 6.67 Å². The Kier molecular flexibility index (Phi) is 5.95. The highest BCUT2D eigenvalue weighted by Crippen LogP contribution is 2.11. The standard InChI is InChI=1S/C18H22FN3/c1-2-14-4-3-5-16(12-14)13-21-18(20)22-17-8-6-15(7-9-17)10-11-19/h3-9,12H,2,10-11,13H2,1H3,(H3,20,21,22). The van der Waals surface area contributed by atoms with Gasteiger partial charge in [-0.15, -0.1) is 0 Å². The van der Waals surface area contributed by atoms with E-state index in [0.29, 0.717) is 18.9 Å². The van der Waals surface area contributed by atoms with Gasteiger partial charge in [0.05, 0.1) is 13.2 Å². The van der Waals surface area contributed by atoms with Gasteiger partial charge in [0, 0.05) is 12.1 Å². The molecule has 3 N–H and O–H groups in total. The Hall–Kier alpha value is -2.36. The zero-order chi connectivity index (χ0) is 15.8. The van der Waals surface area contributed by atoms with Crippen LogP contribution in [-0.4, -0.2) is 12.6 Å². The summed E-state index contributed by atoms with van der Waals surface area (Å²) in [7, 11) is 0. The van der Waals surface area contributed by atoms with Crippen molar-refractivity contribution in [3.8, 4) is 0 Å². The van der Waals surface area contributed by atoms with Crippen molar-refractivity contribution < 1.29 is 4.39 Å². The number of aryl methyl sites for hydroxylation is 2. The number of nitrogens with one attached hydrogen (secondary N) is 1. The van der Waals surface area contributed by atoms with Crippen LogP contribution in [0.4, 0.5) is 10.1 Å². The van der Waals surface area contributed by atoms with Crippen molar-refractivity contribution in [1.82, 2.24) is 0 Å². The quantitative estimate of drug-likeness (QED) is 0.631. The molecule has 0 aromatic heterocycles. The molecule has 0 spiro atoms. The monoisotopic (exact) mass is 299 g/mol. The molecule has 0 aliphatic rings. The Bertz CT molecular complexity index is 620. The topological polar surface area (TPSA) is 50.4 Å². The third-order valence-electron chi connectivity index (χ3n) is 3.44. The lowest BCUT2D eigenvalue weighted by molar-refractivity contribution is 0.495. The van der Waals surface area contributed by atoms with Crippen molar-refractivity contribution in [2.75, 3.05) is 12.0 Å². The fraction of sp³-hybridized carbons (Fsp3) is 0.278. The van der Waals surface area contributed by atoms with Crippen LogP contribution >= 0.6 is 0 Å². The van der Waals surface area contributed by atoms with E-state index in [1.807, 2.05) is 36.4 Å². The molecule has 0 unspecified atom stereocenters. The van der Waals surface area contributed by atoms with Crippen LogP contribution < -0.4 is 11.1 Å². The van der Waals surface area contributed by atoms with Gasteiger partial charge in [0.2, 0.25) is 0 Å². The molecule has 2 aromatic rings. The molecule has 0 saturated heterocycles. The molecule has 2 aromatic carbocycles. The first-order chi connectivity index (χ1) is 10.7. The second-order valence-electron chi connectivity index (χ2n) is 5.14. The number of alkyl halides is 1. The highest BCUT2D eigenvalue weighted by Gasteiger charge is 1.98. The van der Waals surface area contributed by atoms with Crippen molar-refractivity contribution >= 4 is 11.6 Å². The van der Waals surface area contributed by atoms with E-state index in [2.05, 4.69) is 29.4 Å². The number of halogens is 1. The van der Waals surface area contributed by atoms with Crippen molar-refractivity contribution in [3.05, 3.63) is 65.2 Å². The van der Waals surface area contributed by atoms with E-state index in [1.54, 1.807) is 0 Å². The third kappa shape index (κ3) is 4.88. The Balaban J connectivity index is 1.94. The van der Waals surface area contributed by atoms with Crippen LogP contribution in [0.2, 0.25) is 0 Å². The molecule has 4 heteroatoms. The van der Waals surface area contributed by atoms with E-state index >= 15 is 0 Å². The zero-order valence-corrected chi connectivity index (χ0v) is 12.8. The SMILES string of the molecule is CCc1cccc(CN=C(N)Nc2ccc(CCF)cc2)c1. The third-order valence-corrected chi connectivity index (χ3v) is 3.44. The molecule has 2 rings (SSSR count). The first-order valence-electron chi connectivity index (χ1n) is 7.51. The smallest absolute Gasteiger partial charge is 0.193 e. The molecule has 116 valence electrons. The second-order valence-corrected chi connectivity index (χ2v) is 5.14. The van der Waals surface area contributed by atoms with Gasteiger partial charge in [-0.2, -0.15) is 0 Å². The van der Waals surface area contributed by atoms with Crippen molar-refractivity contribution in [1.29, 1.82) is 0 Å². The van der Waals surface area contributed by atoms with Gasteiger partial charge in [-0.3, -0.25) is 4.39 Å². The summed E-state index contributed by atoms with van der Waals surface area (Å²) in [6.07, 6.45) is 1.45. The van der Waals surface area contributed by atoms with Gasteiger partial charge in [0.1, 0.15) is 0 Å². The molecule has 0 atom stereocenters. The second kappa shape index (κ2) is 8.17. The predicted molar refractivity (Wildman–Crippen MR) is 90.9 cm³/mol. The van der Waals surface area contributed by atoms with E-state index < -0.39 is 0 Å². The maximum atomic E-state index is 12.3. The molecule has 0 bridgehead atoms. The number of anilines is 1. The van der Waals surface area contributed by atoms with Crippen LogP contribution in [0.25, 0.3) is 0 Å². The van der Waals surface area contributed by atoms with Crippen LogP contribution in [0.15, 0.2) is 53.5 Å². The number of hydrogen-bond donors (Lipinski definition) is 2. The minimum absolute atomic E-state index is 0.340. The minimum Gasteiger partial charge on any atom is -0.370 e. The summed E-state index contributed by atoms with van der Waals surface area (Å²) in [6.45, 7) is 2.34. The van der Waals surface area contributed by atoms with E-state index in [0.717, 1.165) is 23.2 Å². The summed E-state index contributed by atoms with van der Waals surface area (Å²) in [4.78, 5) is 4.35. The first kappa shape index (κ1) is 16.0. The number of nitrogens with zero attached hydrogens (tertiary/aromatic N) is 1. The molecule has 0 aliphatic heterocycles. The van der Waals surface area contributed by atoms with Gasteiger partial charge in [0.25, 0.3) is 0 Å². The lowest BCUT2D eigenvalue weighted by atomic mass is 10.1. The number of aliphatic imine (C=N–C) groups is 1. The predicted octanol–water partition coefficient (Wildman–Crippen LogP) is 3.69. The summed E-state index contributed by atoms with van der Waals surface area (Å²) in [5.41, 5.74) is 10.2. The van der Waals surface area contributed by atoms with Crippen molar-refractivity contribution in [3.63, 3.8) is 0 Å². The van der Waals surface area contributed by atoms with Gasteiger partial charge in [-0.1, -0.05) is 43.3 Å². The fourth-order valence-electron chi connectivity index (χ4n) is 2.18. The molecule has 0 amide bonds. The first-order valence-corrected chi connectivity index (χ1v) is 7.51. The number of benzene rings is 2. The highest BCUT2D eigenvalue weighted by atomic mass is 19.1. The largest absolute Gasteiger partial charge is 0.370 e. The van der Waals surface area contributed by atoms with Gasteiger partial charge >= 0.3 is 0 Å². The summed E-state index contributed by atoms with van der Waals surface area (Å²) in [5.74, 6) is 0.375. The van der Waals surface area contributed by atoms with Gasteiger partial charge < -0.3 is 11.1 Å². The number of rotatable bonds is 6. The van der Waals surface area contributed by atoms with Crippen molar-refractivity contribution in [2.24, 2.45) is 10.7 Å². The Morgan fingerprint density at radius 2 is 1.82 bits per heavy atom. The van der Waals surface area contributed by atoms with E-state index in [1.165, 1.54) is 5.56 Å².